The van der Waals surface area contributed by atoms with Crippen molar-refractivity contribution in [1.29, 1.82) is 0 Å². The molecule has 0 aliphatic heterocycles. The normalized spacial score (nSPS) is 11.2. The second kappa shape index (κ2) is 4.21. The van der Waals surface area contributed by atoms with Gasteiger partial charge in [-0.2, -0.15) is 0 Å². The van der Waals surface area contributed by atoms with Gasteiger partial charge in [0.25, 0.3) is 0 Å². The highest BCUT2D eigenvalue weighted by Gasteiger charge is 2.17. The molecule has 6 heteroatoms. The molecule has 0 saturated carbocycles. The Labute approximate surface area is 118 Å². The lowest BCUT2D eigenvalue weighted by Gasteiger charge is -2.00. The molecule has 0 aliphatic carbocycles. The number of rotatable bonds is 2. The number of hydrogen-bond donors (Lipinski definition) is 1. The highest BCUT2D eigenvalue weighted by Crippen LogP contribution is 2.34. The molecule has 4 aromatic rings. The monoisotopic (exact) mass is 282 g/mol. The molecular weight excluding hydrogens is 272 g/mol. The van der Waals surface area contributed by atoms with E-state index in [9.17, 15) is 0 Å². The van der Waals surface area contributed by atoms with E-state index in [0.29, 0.717) is 5.82 Å². The van der Waals surface area contributed by atoms with Gasteiger partial charge in [0.05, 0.1) is 6.26 Å². The summed E-state index contributed by atoms with van der Waals surface area (Å²) in [7, 11) is 0. The predicted molar refractivity (Wildman–Crippen MR) is 78.4 cm³/mol. The summed E-state index contributed by atoms with van der Waals surface area (Å²) in [6.45, 7) is 0. The number of nitrogens with two attached hydrogens (primary N) is 1. The minimum atomic E-state index is 0.610. The number of anilines is 1. The Morgan fingerprint density at radius 3 is 2.80 bits per heavy atom. The molecule has 0 spiro atoms. The molecule has 0 fully saturated rings. The van der Waals surface area contributed by atoms with Crippen molar-refractivity contribution in [3.8, 4) is 22.7 Å². The van der Waals surface area contributed by atoms with Crippen LogP contribution in [0.5, 0.6) is 0 Å². The lowest BCUT2D eigenvalue weighted by molar-refractivity contribution is 0.579. The predicted octanol–water partition coefficient (Wildman–Crippen LogP) is 3.30. The zero-order chi connectivity index (χ0) is 13.5. The van der Waals surface area contributed by atoms with Crippen LogP contribution in [-0.2, 0) is 0 Å². The maximum absolute atomic E-state index is 6.27. The Morgan fingerprint density at radius 1 is 1.20 bits per heavy atom. The zero-order valence-electron chi connectivity index (χ0n) is 10.4. The molecule has 0 amide bonds. The molecule has 0 aromatic carbocycles. The molecule has 20 heavy (non-hydrogen) atoms. The number of hydrogen-bond acceptors (Lipinski definition) is 5. The van der Waals surface area contributed by atoms with Gasteiger partial charge in [0.1, 0.15) is 17.2 Å². The van der Waals surface area contributed by atoms with E-state index in [1.807, 2.05) is 34.0 Å². The number of thiazole rings is 1. The third-order valence-electron chi connectivity index (χ3n) is 3.13. The van der Waals surface area contributed by atoms with E-state index in [4.69, 9.17) is 10.2 Å². The van der Waals surface area contributed by atoms with Gasteiger partial charge < -0.3 is 10.2 Å². The Morgan fingerprint density at radius 2 is 2.05 bits per heavy atom. The van der Waals surface area contributed by atoms with Crippen molar-refractivity contribution >= 4 is 22.1 Å². The molecule has 4 rings (SSSR count). The van der Waals surface area contributed by atoms with E-state index >= 15 is 0 Å². The highest BCUT2D eigenvalue weighted by atomic mass is 32.1. The van der Waals surface area contributed by atoms with Gasteiger partial charge in [0.2, 0.25) is 0 Å². The van der Waals surface area contributed by atoms with Gasteiger partial charge in [-0.3, -0.25) is 9.38 Å². The van der Waals surface area contributed by atoms with Crippen LogP contribution in [0.15, 0.2) is 52.7 Å². The lowest BCUT2D eigenvalue weighted by Crippen LogP contribution is -1.95. The van der Waals surface area contributed by atoms with Crippen LogP contribution in [0.3, 0.4) is 0 Å². The van der Waals surface area contributed by atoms with E-state index in [1.54, 1.807) is 18.7 Å². The SMILES string of the molecule is Nc1c(-c2ccncc2)nc2scc(-c3ccco3)n12. The Hall–Kier alpha value is -2.60. The average molecular weight is 282 g/mol. The molecular formula is C14H10N4OS. The van der Waals surface area contributed by atoms with Gasteiger partial charge in [-0.25, -0.2) is 4.98 Å². The van der Waals surface area contributed by atoms with E-state index in [1.165, 1.54) is 11.3 Å². The number of nitrogen functional groups attached to an aromatic ring is 1. The highest BCUT2D eigenvalue weighted by molar-refractivity contribution is 7.15. The molecule has 0 saturated heterocycles. The molecule has 0 unspecified atom stereocenters. The molecule has 5 nitrogen and oxygen atoms in total. The molecule has 0 radical (unpaired) electrons. The van der Waals surface area contributed by atoms with Crippen molar-refractivity contribution in [2.45, 2.75) is 0 Å². The van der Waals surface area contributed by atoms with E-state index < -0.39 is 0 Å². The molecule has 4 aromatic heterocycles. The smallest absolute Gasteiger partial charge is 0.196 e. The van der Waals surface area contributed by atoms with Crippen molar-refractivity contribution in [3.05, 3.63) is 48.3 Å². The van der Waals surface area contributed by atoms with Crippen LogP contribution >= 0.6 is 11.3 Å². The standard InChI is InChI=1S/C14H10N4OS/c15-13-12(9-3-5-16-6-4-9)17-14-18(13)10(8-20-14)11-2-1-7-19-11/h1-8H,15H2. The van der Waals surface area contributed by atoms with Gasteiger partial charge in [-0.05, 0) is 24.3 Å². The van der Waals surface area contributed by atoms with Gasteiger partial charge in [-0.1, -0.05) is 0 Å². The first-order chi connectivity index (χ1) is 9.84. The number of pyridine rings is 1. The zero-order valence-corrected chi connectivity index (χ0v) is 11.2. The minimum Gasteiger partial charge on any atom is -0.463 e. The Bertz CT molecular complexity index is 862. The third-order valence-corrected chi connectivity index (χ3v) is 3.95. The van der Waals surface area contributed by atoms with Gasteiger partial charge in [-0.15, -0.1) is 11.3 Å². The summed E-state index contributed by atoms with van der Waals surface area (Å²) in [6.07, 6.45) is 5.11. The van der Waals surface area contributed by atoms with Gasteiger partial charge >= 0.3 is 0 Å². The molecule has 98 valence electrons. The minimum absolute atomic E-state index is 0.610. The molecule has 2 N–H and O–H groups in total. The number of furan rings is 1. The molecule has 0 atom stereocenters. The molecule has 0 aliphatic rings. The first-order valence-corrected chi connectivity index (χ1v) is 6.92. The summed E-state index contributed by atoms with van der Waals surface area (Å²) in [5.74, 6) is 1.39. The summed E-state index contributed by atoms with van der Waals surface area (Å²) in [5.41, 5.74) is 8.91. The second-order valence-corrected chi connectivity index (χ2v) is 5.13. The number of aromatic nitrogens is 3. The van der Waals surface area contributed by atoms with Crippen molar-refractivity contribution < 1.29 is 4.42 Å². The fraction of sp³-hybridized carbons (Fsp3) is 0. The Kier molecular flexibility index (Phi) is 2.37. The van der Waals surface area contributed by atoms with E-state index in [0.717, 1.165) is 27.7 Å². The van der Waals surface area contributed by atoms with Gasteiger partial charge in [0.15, 0.2) is 10.7 Å². The van der Waals surface area contributed by atoms with E-state index in [2.05, 4.69) is 9.97 Å². The molecule has 0 bridgehead atoms. The van der Waals surface area contributed by atoms with Crippen LogP contribution in [0, 0.1) is 0 Å². The van der Waals surface area contributed by atoms with Crippen molar-refractivity contribution in [2.75, 3.05) is 5.73 Å². The van der Waals surface area contributed by atoms with Crippen LogP contribution in [0.25, 0.3) is 27.7 Å². The van der Waals surface area contributed by atoms with E-state index in [-0.39, 0.29) is 0 Å². The number of fused-ring (bicyclic) bond motifs is 1. The number of imidazole rings is 1. The van der Waals surface area contributed by atoms with Crippen LogP contribution in [0.4, 0.5) is 5.82 Å². The van der Waals surface area contributed by atoms with Crippen molar-refractivity contribution in [3.63, 3.8) is 0 Å². The third kappa shape index (κ3) is 1.55. The summed E-state index contributed by atoms with van der Waals surface area (Å²) in [4.78, 5) is 9.46. The lowest BCUT2D eigenvalue weighted by atomic mass is 10.2. The van der Waals surface area contributed by atoms with Crippen molar-refractivity contribution in [2.24, 2.45) is 0 Å². The largest absolute Gasteiger partial charge is 0.463 e. The topological polar surface area (TPSA) is 69.3 Å². The quantitative estimate of drug-likeness (QED) is 0.612. The summed E-state index contributed by atoms with van der Waals surface area (Å²) in [5, 5.41) is 1.99. The number of nitrogens with zero attached hydrogens (tertiary/aromatic N) is 3. The van der Waals surface area contributed by atoms with Gasteiger partial charge in [0, 0.05) is 23.3 Å². The summed E-state index contributed by atoms with van der Waals surface area (Å²) >= 11 is 1.54. The first kappa shape index (κ1) is 11.2. The summed E-state index contributed by atoms with van der Waals surface area (Å²) < 4.78 is 7.36. The fourth-order valence-corrected chi connectivity index (χ4v) is 3.08. The second-order valence-electron chi connectivity index (χ2n) is 4.30. The maximum atomic E-state index is 6.27. The van der Waals surface area contributed by atoms with Crippen molar-refractivity contribution in [1.82, 2.24) is 14.4 Å². The first-order valence-electron chi connectivity index (χ1n) is 6.04. The van der Waals surface area contributed by atoms with Crippen LogP contribution in [0.2, 0.25) is 0 Å². The van der Waals surface area contributed by atoms with Crippen LogP contribution < -0.4 is 5.73 Å². The van der Waals surface area contributed by atoms with Crippen LogP contribution in [-0.4, -0.2) is 14.4 Å². The Balaban J connectivity index is 1.97. The average Bonchev–Trinajstić information content (AvgIpc) is 3.18. The summed E-state index contributed by atoms with van der Waals surface area (Å²) in [6, 6.07) is 7.56. The van der Waals surface area contributed by atoms with Crippen LogP contribution in [0.1, 0.15) is 0 Å². The fourth-order valence-electron chi connectivity index (χ4n) is 2.20. The maximum Gasteiger partial charge on any atom is 0.196 e. The molecule has 4 heterocycles.